The van der Waals surface area contributed by atoms with Gasteiger partial charge in [-0.25, -0.2) is 0 Å². The van der Waals surface area contributed by atoms with Crippen LogP contribution in [-0.2, 0) is 6.54 Å². The van der Waals surface area contributed by atoms with E-state index in [0.29, 0.717) is 0 Å². The molecule has 0 saturated heterocycles. The van der Waals surface area contributed by atoms with E-state index in [-0.39, 0.29) is 7.92 Å². The van der Waals surface area contributed by atoms with Crippen LogP contribution in [-0.4, -0.2) is 25.4 Å². The molecule has 0 aliphatic rings. The van der Waals surface area contributed by atoms with Crippen molar-refractivity contribution in [1.82, 2.24) is 10.3 Å². The molecule has 1 aromatic heterocycles. The van der Waals surface area contributed by atoms with E-state index in [4.69, 9.17) is 0 Å². The Hall–Kier alpha value is -0.460. The van der Waals surface area contributed by atoms with Crippen LogP contribution in [0.5, 0.6) is 0 Å². The molecule has 66 valence electrons. The standard InChI is InChI=1S/C9H15N2P/c1-10-7-8-4-5-11-9(6-8)12(2)3/h4-6,10H,7H2,1-3H3. The van der Waals surface area contributed by atoms with Crippen molar-refractivity contribution < 1.29 is 0 Å². The SMILES string of the molecule is CNCc1ccnc(P(C)C)c1. The Bertz CT molecular complexity index is 248. The van der Waals surface area contributed by atoms with Crippen LogP contribution in [0.25, 0.3) is 0 Å². The molecular formula is C9H15N2P. The molecule has 1 N–H and O–H groups in total. The van der Waals surface area contributed by atoms with Crippen LogP contribution in [0, 0.1) is 0 Å². The van der Waals surface area contributed by atoms with Gasteiger partial charge in [-0.1, -0.05) is 7.92 Å². The first-order chi connectivity index (χ1) is 5.74. The van der Waals surface area contributed by atoms with Crippen molar-refractivity contribution in [3.63, 3.8) is 0 Å². The zero-order valence-corrected chi connectivity index (χ0v) is 8.73. The van der Waals surface area contributed by atoms with E-state index in [2.05, 4.69) is 35.8 Å². The minimum Gasteiger partial charge on any atom is -0.316 e. The molecule has 0 aromatic carbocycles. The lowest BCUT2D eigenvalue weighted by atomic mass is 10.3. The Morgan fingerprint density at radius 3 is 2.83 bits per heavy atom. The van der Waals surface area contributed by atoms with Crippen LogP contribution in [0.2, 0.25) is 0 Å². The van der Waals surface area contributed by atoms with Crippen molar-refractivity contribution in [3.8, 4) is 0 Å². The first kappa shape index (κ1) is 9.63. The minimum absolute atomic E-state index is 0.0614. The Morgan fingerprint density at radius 1 is 1.50 bits per heavy atom. The predicted molar refractivity (Wildman–Crippen MR) is 55.4 cm³/mol. The third-order valence-electron chi connectivity index (χ3n) is 1.65. The molecule has 0 spiro atoms. The lowest BCUT2D eigenvalue weighted by molar-refractivity contribution is 0.817. The van der Waals surface area contributed by atoms with Crippen LogP contribution in [0.15, 0.2) is 18.3 Å². The first-order valence-corrected chi connectivity index (χ1v) is 6.24. The van der Waals surface area contributed by atoms with Crippen molar-refractivity contribution in [2.24, 2.45) is 0 Å². The largest absolute Gasteiger partial charge is 0.316 e. The molecule has 0 saturated carbocycles. The van der Waals surface area contributed by atoms with E-state index < -0.39 is 0 Å². The van der Waals surface area contributed by atoms with Crippen molar-refractivity contribution in [1.29, 1.82) is 0 Å². The Labute approximate surface area is 75.2 Å². The van der Waals surface area contributed by atoms with Gasteiger partial charge in [0.1, 0.15) is 0 Å². The highest BCUT2D eigenvalue weighted by molar-refractivity contribution is 7.63. The van der Waals surface area contributed by atoms with Crippen LogP contribution < -0.4 is 10.8 Å². The van der Waals surface area contributed by atoms with E-state index in [1.807, 2.05) is 13.2 Å². The molecule has 0 fully saturated rings. The average Bonchev–Trinajstić information content (AvgIpc) is 2.05. The summed E-state index contributed by atoms with van der Waals surface area (Å²) in [6.07, 6.45) is 1.89. The van der Waals surface area contributed by atoms with Crippen LogP contribution in [0.3, 0.4) is 0 Å². The summed E-state index contributed by atoms with van der Waals surface area (Å²) in [6.45, 7) is 5.38. The maximum absolute atomic E-state index is 4.32. The highest BCUT2D eigenvalue weighted by Crippen LogP contribution is 2.21. The van der Waals surface area contributed by atoms with Gasteiger partial charge in [0.2, 0.25) is 0 Å². The van der Waals surface area contributed by atoms with Crippen LogP contribution in [0.4, 0.5) is 0 Å². The molecule has 2 nitrogen and oxygen atoms in total. The number of pyridine rings is 1. The highest BCUT2D eigenvalue weighted by atomic mass is 31.1. The van der Waals surface area contributed by atoms with Gasteiger partial charge in [-0.3, -0.25) is 4.98 Å². The van der Waals surface area contributed by atoms with Gasteiger partial charge in [-0.05, 0) is 38.1 Å². The Morgan fingerprint density at radius 2 is 2.25 bits per heavy atom. The number of hydrogen-bond acceptors (Lipinski definition) is 2. The number of aromatic nitrogens is 1. The average molecular weight is 182 g/mol. The van der Waals surface area contributed by atoms with Crippen LogP contribution >= 0.6 is 7.92 Å². The van der Waals surface area contributed by atoms with E-state index in [1.165, 1.54) is 11.0 Å². The fraction of sp³-hybridized carbons (Fsp3) is 0.444. The quantitative estimate of drug-likeness (QED) is 0.710. The number of rotatable bonds is 3. The number of nitrogens with zero attached hydrogens (tertiary/aromatic N) is 1. The summed E-state index contributed by atoms with van der Waals surface area (Å²) in [5, 5.41) is 3.13. The van der Waals surface area contributed by atoms with Gasteiger partial charge in [-0.2, -0.15) is 0 Å². The molecule has 0 aliphatic carbocycles. The van der Waals surface area contributed by atoms with Crippen LogP contribution in [0.1, 0.15) is 5.56 Å². The topological polar surface area (TPSA) is 24.9 Å². The molecular weight excluding hydrogens is 167 g/mol. The molecule has 0 radical (unpaired) electrons. The number of nitrogens with one attached hydrogen (secondary N) is 1. The summed E-state index contributed by atoms with van der Waals surface area (Å²) < 4.78 is 0. The van der Waals surface area contributed by atoms with E-state index in [1.54, 1.807) is 0 Å². The van der Waals surface area contributed by atoms with Gasteiger partial charge < -0.3 is 5.32 Å². The lowest BCUT2D eigenvalue weighted by Crippen LogP contribution is -2.10. The summed E-state index contributed by atoms with van der Waals surface area (Å²) in [5.41, 5.74) is 2.55. The van der Waals surface area contributed by atoms with Gasteiger partial charge in [-0.15, -0.1) is 0 Å². The molecule has 0 amide bonds. The third-order valence-corrected chi connectivity index (χ3v) is 2.81. The lowest BCUT2D eigenvalue weighted by Gasteiger charge is -2.06. The molecule has 1 rings (SSSR count). The van der Waals surface area contributed by atoms with Gasteiger partial charge in [0.25, 0.3) is 0 Å². The summed E-state index contributed by atoms with van der Waals surface area (Å²) in [6, 6.07) is 4.24. The van der Waals surface area contributed by atoms with Gasteiger partial charge in [0, 0.05) is 12.7 Å². The molecule has 0 aliphatic heterocycles. The number of hydrogen-bond donors (Lipinski definition) is 1. The highest BCUT2D eigenvalue weighted by Gasteiger charge is 1.99. The molecule has 0 unspecified atom stereocenters. The molecule has 1 aromatic rings. The molecule has 0 bridgehead atoms. The van der Waals surface area contributed by atoms with E-state index in [9.17, 15) is 0 Å². The van der Waals surface area contributed by atoms with Crippen molar-refractivity contribution in [3.05, 3.63) is 23.9 Å². The zero-order valence-electron chi connectivity index (χ0n) is 7.83. The van der Waals surface area contributed by atoms with Gasteiger partial charge in [0.15, 0.2) is 0 Å². The molecule has 1 heterocycles. The maximum Gasteiger partial charge on any atom is 0.0628 e. The summed E-state index contributed by atoms with van der Waals surface area (Å²) in [4.78, 5) is 4.32. The fourth-order valence-electron chi connectivity index (χ4n) is 1.02. The zero-order chi connectivity index (χ0) is 8.97. The Balaban J connectivity index is 2.81. The van der Waals surface area contributed by atoms with Gasteiger partial charge in [0.05, 0.1) is 5.44 Å². The maximum atomic E-state index is 4.32. The summed E-state index contributed by atoms with van der Waals surface area (Å²) in [5.74, 6) is 0. The predicted octanol–water partition coefficient (Wildman–Crippen LogP) is 1.17. The fourth-order valence-corrected chi connectivity index (χ4v) is 1.74. The second kappa shape index (κ2) is 4.54. The summed E-state index contributed by atoms with van der Waals surface area (Å²) in [7, 11) is 1.90. The third kappa shape index (κ3) is 2.54. The minimum atomic E-state index is -0.0614. The summed E-state index contributed by atoms with van der Waals surface area (Å²) >= 11 is 0. The molecule has 12 heavy (non-hydrogen) atoms. The van der Waals surface area contributed by atoms with Gasteiger partial charge >= 0.3 is 0 Å². The molecule has 3 heteroatoms. The normalized spacial score (nSPS) is 10.7. The first-order valence-electron chi connectivity index (χ1n) is 4.01. The molecule has 0 atom stereocenters. The Kier molecular flexibility index (Phi) is 3.64. The van der Waals surface area contributed by atoms with E-state index in [0.717, 1.165) is 6.54 Å². The second-order valence-electron chi connectivity index (χ2n) is 2.95. The van der Waals surface area contributed by atoms with Crippen molar-refractivity contribution in [2.75, 3.05) is 20.4 Å². The van der Waals surface area contributed by atoms with E-state index >= 15 is 0 Å². The van der Waals surface area contributed by atoms with Crippen molar-refractivity contribution in [2.45, 2.75) is 6.54 Å². The van der Waals surface area contributed by atoms with Crippen molar-refractivity contribution >= 4 is 13.4 Å². The monoisotopic (exact) mass is 182 g/mol. The second-order valence-corrected chi connectivity index (χ2v) is 5.19. The smallest absolute Gasteiger partial charge is 0.0628 e.